The molecule has 2 rings (SSSR count). The first kappa shape index (κ1) is 13.6. The minimum absolute atomic E-state index is 0.0572. The number of halogens is 1. The molecule has 0 radical (unpaired) electrons. The van der Waals surface area contributed by atoms with Crippen molar-refractivity contribution in [1.29, 1.82) is 0 Å². The van der Waals surface area contributed by atoms with Crippen molar-refractivity contribution in [2.75, 3.05) is 11.4 Å². The highest BCUT2D eigenvalue weighted by Gasteiger charge is 2.06. The standard InChI is InChI=1S/C16H18FNO/c1-2-18(16-5-3-4-15(17)10-16)11-13-6-8-14(12-19)9-7-13/h3-10,19H,2,11-12H2,1H3. The third-order valence-electron chi connectivity index (χ3n) is 3.13. The normalized spacial score (nSPS) is 10.5. The van der Waals surface area contributed by atoms with Crippen LogP contribution in [0.2, 0.25) is 0 Å². The zero-order valence-corrected chi connectivity index (χ0v) is 11.0. The lowest BCUT2D eigenvalue weighted by atomic mass is 10.1. The maximum absolute atomic E-state index is 13.2. The van der Waals surface area contributed by atoms with Gasteiger partial charge in [-0.3, -0.25) is 0 Å². The molecule has 1 N–H and O–H groups in total. The van der Waals surface area contributed by atoms with Gasteiger partial charge in [-0.2, -0.15) is 0 Å². The third kappa shape index (κ3) is 3.55. The van der Waals surface area contributed by atoms with E-state index in [1.54, 1.807) is 12.1 Å². The zero-order chi connectivity index (χ0) is 13.7. The van der Waals surface area contributed by atoms with Crippen LogP contribution in [0.1, 0.15) is 18.1 Å². The van der Waals surface area contributed by atoms with Crippen LogP contribution in [-0.2, 0) is 13.2 Å². The van der Waals surface area contributed by atoms with Gasteiger partial charge in [-0.1, -0.05) is 30.3 Å². The largest absolute Gasteiger partial charge is 0.392 e. The number of hydrogen-bond donors (Lipinski definition) is 1. The molecule has 0 unspecified atom stereocenters. The van der Waals surface area contributed by atoms with E-state index in [1.807, 2.05) is 37.3 Å². The van der Waals surface area contributed by atoms with Gasteiger partial charge in [0.2, 0.25) is 0 Å². The van der Waals surface area contributed by atoms with Crippen LogP contribution in [-0.4, -0.2) is 11.7 Å². The Hall–Kier alpha value is -1.87. The zero-order valence-electron chi connectivity index (χ0n) is 11.0. The molecule has 0 aliphatic carbocycles. The highest BCUT2D eigenvalue weighted by molar-refractivity contribution is 5.47. The Bertz CT molecular complexity index is 525. The van der Waals surface area contributed by atoms with Crippen molar-refractivity contribution in [2.45, 2.75) is 20.1 Å². The molecule has 0 amide bonds. The Morgan fingerprint density at radius 1 is 1.05 bits per heavy atom. The number of aliphatic hydroxyl groups is 1. The molecule has 3 heteroatoms. The van der Waals surface area contributed by atoms with Gasteiger partial charge in [-0.15, -0.1) is 0 Å². The van der Waals surface area contributed by atoms with Gasteiger partial charge >= 0.3 is 0 Å². The smallest absolute Gasteiger partial charge is 0.125 e. The molecule has 0 bridgehead atoms. The van der Waals surface area contributed by atoms with Crippen LogP contribution in [0.5, 0.6) is 0 Å². The third-order valence-corrected chi connectivity index (χ3v) is 3.13. The maximum Gasteiger partial charge on any atom is 0.125 e. The van der Waals surface area contributed by atoms with Gasteiger partial charge in [-0.05, 0) is 36.2 Å². The summed E-state index contributed by atoms with van der Waals surface area (Å²) >= 11 is 0. The van der Waals surface area contributed by atoms with Crippen molar-refractivity contribution in [3.63, 3.8) is 0 Å². The summed E-state index contributed by atoms with van der Waals surface area (Å²) in [5, 5.41) is 9.01. The minimum atomic E-state index is -0.216. The molecule has 0 atom stereocenters. The fraction of sp³-hybridized carbons (Fsp3) is 0.250. The van der Waals surface area contributed by atoms with Crippen LogP contribution in [0, 0.1) is 5.82 Å². The van der Waals surface area contributed by atoms with Gasteiger partial charge in [0.15, 0.2) is 0 Å². The minimum Gasteiger partial charge on any atom is -0.392 e. The second-order valence-corrected chi connectivity index (χ2v) is 4.47. The second-order valence-electron chi connectivity index (χ2n) is 4.47. The Kier molecular flexibility index (Phi) is 4.53. The number of aliphatic hydroxyl groups excluding tert-OH is 1. The summed E-state index contributed by atoms with van der Waals surface area (Å²) in [4.78, 5) is 2.11. The van der Waals surface area contributed by atoms with Crippen molar-refractivity contribution >= 4 is 5.69 Å². The number of rotatable bonds is 5. The van der Waals surface area contributed by atoms with Crippen molar-refractivity contribution < 1.29 is 9.50 Å². The van der Waals surface area contributed by atoms with E-state index in [0.717, 1.165) is 29.9 Å². The molecule has 0 fully saturated rings. The molecule has 19 heavy (non-hydrogen) atoms. The van der Waals surface area contributed by atoms with Crippen LogP contribution in [0.4, 0.5) is 10.1 Å². The van der Waals surface area contributed by atoms with Crippen molar-refractivity contribution in [2.24, 2.45) is 0 Å². The number of benzene rings is 2. The van der Waals surface area contributed by atoms with E-state index in [-0.39, 0.29) is 12.4 Å². The van der Waals surface area contributed by atoms with Gasteiger partial charge in [-0.25, -0.2) is 4.39 Å². The molecular weight excluding hydrogens is 241 g/mol. The Morgan fingerprint density at radius 3 is 2.32 bits per heavy atom. The van der Waals surface area contributed by atoms with Gasteiger partial charge < -0.3 is 10.0 Å². The molecule has 0 heterocycles. The Labute approximate surface area is 113 Å². The summed E-state index contributed by atoms with van der Waals surface area (Å²) in [6.07, 6.45) is 0. The first-order chi connectivity index (χ1) is 9.22. The van der Waals surface area contributed by atoms with E-state index in [9.17, 15) is 4.39 Å². The second kappa shape index (κ2) is 6.34. The molecule has 0 saturated heterocycles. The predicted octanol–water partition coefficient (Wildman–Crippen LogP) is 3.34. The van der Waals surface area contributed by atoms with Crippen LogP contribution < -0.4 is 4.90 Å². The van der Waals surface area contributed by atoms with Crippen LogP contribution in [0.15, 0.2) is 48.5 Å². The SMILES string of the molecule is CCN(Cc1ccc(CO)cc1)c1cccc(F)c1. The lowest BCUT2D eigenvalue weighted by Gasteiger charge is -2.23. The van der Waals surface area contributed by atoms with Crippen molar-refractivity contribution in [1.82, 2.24) is 0 Å². The number of anilines is 1. The summed E-state index contributed by atoms with van der Waals surface area (Å²) in [6.45, 7) is 3.64. The molecular formula is C16H18FNO. The van der Waals surface area contributed by atoms with Gasteiger partial charge in [0.25, 0.3) is 0 Å². The van der Waals surface area contributed by atoms with Gasteiger partial charge in [0.1, 0.15) is 5.82 Å². The van der Waals surface area contributed by atoms with E-state index in [1.165, 1.54) is 6.07 Å². The average molecular weight is 259 g/mol. The van der Waals surface area contributed by atoms with E-state index in [2.05, 4.69) is 4.90 Å². The topological polar surface area (TPSA) is 23.5 Å². The fourth-order valence-corrected chi connectivity index (χ4v) is 2.03. The quantitative estimate of drug-likeness (QED) is 0.890. The van der Waals surface area contributed by atoms with Crippen LogP contribution in [0.3, 0.4) is 0 Å². The highest BCUT2D eigenvalue weighted by atomic mass is 19.1. The summed E-state index contributed by atoms with van der Waals surface area (Å²) in [7, 11) is 0. The van der Waals surface area contributed by atoms with Gasteiger partial charge in [0.05, 0.1) is 6.61 Å². The lowest BCUT2D eigenvalue weighted by Crippen LogP contribution is -2.22. The Morgan fingerprint density at radius 2 is 1.74 bits per heavy atom. The van der Waals surface area contributed by atoms with E-state index in [4.69, 9.17) is 5.11 Å². The summed E-state index contributed by atoms with van der Waals surface area (Å²) < 4.78 is 13.2. The lowest BCUT2D eigenvalue weighted by molar-refractivity contribution is 0.282. The summed E-state index contributed by atoms with van der Waals surface area (Å²) in [6, 6.07) is 14.4. The van der Waals surface area contributed by atoms with E-state index in [0.29, 0.717) is 0 Å². The number of nitrogens with zero attached hydrogens (tertiary/aromatic N) is 1. The molecule has 0 spiro atoms. The molecule has 2 nitrogen and oxygen atoms in total. The van der Waals surface area contributed by atoms with E-state index >= 15 is 0 Å². The predicted molar refractivity (Wildman–Crippen MR) is 75.5 cm³/mol. The molecule has 0 aliphatic rings. The summed E-state index contributed by atoms with van der Waals surface area (Å²) in [5.41, 5.74) is 2.93. The van der Waals surface area contributed by atoms with Crippen LogP contribution >= 0.6 is 0 Å². The Balaban J connectivity index is 2.14. The average Bonchev–Trinajstić information content (AvgIpc) is 2.45. The number of hydrogen-bond acceptors (Lipinski definition) is 2. The molecule has 2 aromatic carbocycles. The fourth-order valence-electron chi connectivity index (χ4n) is 2.03. The molecule has 0 aliphatic heterocycles. The van der Waals surface area contributed by atoms with E-state index < -0.39 is 0 Å². The maximum atomic E-state index is 13.2. The monoisotopic (exact) mass is 259 g/mol. The first-order valence-electron chi connectivity index (χ1n) is 6.42. The van der Waals surface area contributed by atoms with Crippen molar-refractivity contribution in [3.8, 4) is 0 Å². The molecule has 2 aromatic rings. The summed E-state index contributed by atoms with van der Waals surface area (Å²) in [5.74, 6) is -0.216. The highest BCUT2D eigenvalue weighted by Crippen LogP contribution is 2.18. The molecule has 100 valence electrons. The molecule has 0 saturated carbocycles. The van der Waals surface area contributed by atoms with Crippen LogP contribution in [0.25, 0.3) is 0 Å². The van der Waals surface area contributed by atoms with Crippen molar-refractivity contribution in [3.05, 3.63) is 65.5 Å². The molecule has 0 aromatic heterocycles. The first-order valence-corrected chi connectivity index (χ1v) is 6.42. The van der Waals surface area contributed by atoms with Gasteiger partial charge in [0, 0.05) is 18.8 Å².